The lowest BCUT2D eigenvalue weighted by Gasteiger charge is -2.11. The molecule has 0 unspecified atom stereocenters. The highest BCUT2D eigenvalue weighted by molar-refractivity contribution is 6.02. The first-order chi connectivity index (χ1) is 13.8. The highest BCUT2D eigenvalue weighted by atomic mass is 19.4. The molecule has 0 fully saturated rings. The van der Waals surface area contributed by atoms with Crippen molar-refractivity contribution in [3.8, 4) is 28.5 Å². The Hall–Kier alpha value is -3.41. The van der Waals surface area contributed by atoms with Gasteiger partial charge in [0.05, 0.1) is 44.7 Å². The van der Waals surface area contributed by atoms with Crippen LogP contribution < -0.4 is 4.74 Å². The Morgan fingerprint density at radius 3 is 2.69 bits per heavy atom. The molecule has 3 heterocycles. The van der Waals surface area contributed by atoms with Crippen LogP contribution in [0.15, 0.2) is 29.0 Å². The molecule has 0 bridgehead atoms. The molecule has 0 aromatic carbocycles. The van der Waals surface area contributed by atoms with Gasteiger partial charge in [-0.25, -0.2) is 9.78 Å². The zero-order valence-corrected chi connectivity index (χ0v) is 15.2. The molecular weight excluding hydrogens is 397 g/mol. The minimum Gasteiger partial charge on any atom is -0.481 e. The maximum absolute atomic E-state index is 13.7. The molecule has 0 amide bonds. The van der Waals surface area contributed by atoms with Gasteiger partial charge in [0, 0.05) is 6.20 Å². The molecule has 1 N–H and O–H groups in total. The van der Waals surface area contributed by atoms with Crippen molar-refractivity contribution in [2.24, 2.45) is 0 Å². The number of methoxy groups -OCH3 is 2. The number of carbonyl (C=O) groups excluding carboxylic acids is 1. The van der Waals surface area contributed by atoms with E-state index in [1.54, 1.807) is 0 Å². The quantitative estimate of drug-likeness (QED) is 0.615. The molecule has 9 nitrogen and oxygen atoms in total. The van der Waals surface area contributed by atoms with Gasteiger partial charge in [0.15, 0.2) is 11.5 Å². The second-order valence-electron chi connectivity index (χ2n) is 5.64. The minimum absolute atomic E-state index is 0.0875. The molecular formula is C17H15F3N4O5. The van der Waals surface area contributed by atoms with E-state index in [0.29, 0.717) is 4.68 Å². The number of alkyl halides is 3. The van der Waals surface area contributed by atoms with Crippen LogP contribution in [-0.4, -0.2) is 51.8 Å². The number of aliphatic hydroxyl groups excluding tert-OH is 1. The molecule has 0 radical (unpaired) electrons. The van der Waals surface area contributed by atoms with Crippen LogP contribution in [0, 0.1) is 0 Å². The summed E-state index contributed by atoms with van der Waals surface area (Å²) in [5.41, 5.74) is -1.93. The molecule has 0 aliphatic heterocycles. The van der Waals surface area contributed by atoms with Crippen LogP contribution in [0.4, 0.5) is 13.2 Å². The van der Waals surface area contributed by atoms with E-state index in [1.807, 2.05) is 0 Å². The van der Waals surface area contributed by atoms with Gasteiger partial charge in [0.25, 0.3) is 0 Å². The number of rotatable bonds is 6. The number of ether oxygens (including phenoxy) is 2. The summed E-state index contributed by atoms with van der Waals surface area (Å²) in [5, 5.41) is 16.4. The summed E-state index contributed by atoms with van der Waals surface area (Å²) in [6, 6.07) is 3.05. The molecule has 0 saturated heterocycles. The zero-order chi connectivity index (χ0) is 21.2. The maximum Gasteiger partial charge on any atom is 0.433 e. The Balaban J connectivity index is 2.28. The lowest BCUT2D eigenvalue weighted by atomic mass is 10.0. The third kappa shape index (κ3) is 3.66. The van der Waals surface area contributed by atoms with Crippen molar-refractivity contribution in [1.82, 2.24) is 19.9 Å². The Labute approximate surface area is 161 Å². The Morgan fingerprint density at radius 2 is 2.07 bits per heavy atom. The van der Waals surface area contributed by atoms with Crippen molar-refractivity contribution in [1.29, 1.82) is 0 Å². The van der Waals surface area contributed by atoms with E-state index in [9.17, 15) is 18.0 Å². The number of esters is 1. The largest absolute Gasteiger partial charge is 0.481 e. The van der Waals surface area contributed by atoms with Gasteiger partial charge in [-0.05, 0) is 12.1 Å². The van der Waals surface area contributed by atoms with Gasteiger partial charge >= 0.3 is 12.1 Å². The number of hydrogen-bond donors (Lipinski definition) is 1. The van der Waals surface area contributed by atoms with E-state index in [1.165, 1.54) is 25.4 Å². The molecule has 29 heavy (non-hydrogen) atoms. The van der Waals surface area contributed by atoms with Crippen LogP contribution in [-0.2, 0) is 17.5 Å². The standard InChI is InChI=1S/C17H15F3N4O5/c1-27-15-9(4-3-5-21-15)12-11(16(26)28-2)13(29-23-12)10-8-22-24(6-7-25)14(10)17(18,19)20/h3-5,8,25H,6-7H2,1-2H3. The topological polar surface area (TPSA) is 113 Å². The predicted octanol–water partition coefficient (Wildman–Crippen LogP) is 2.41. The lowest BCUT2D eigenvalue weighted by Crippen LogP contribution is -2.17. The molecule has 154 valence electrons. The van der Waals surface area contributed by atoms with Crippen molar-refractivity contribution in [3.63, 3.8) is 0 Å². The van der Waals surface area contributed by atoms with Crippen LogP contribution >= 0.6 is 0 Å². The smallest absolute Gasteiger partial charge is 0.433 e. The Morgan fingerprint density at radius 1 is 1.31 bits per heavy atom. The first-order valence-electron chi connectivity index (χ1n) is 8.15. The van der Waals surface area contributed by atoms with E-state index in [-0.39, 0.29) is 22.7 Å². The normalized spacial score (nSPS) is 11.5. The van der Waals surface area contributed by atoms with E-state index in [4.69, 9.17) is 19.1 Å². The van der Waals surface area contributed by atoms with Gasteiger partial charge in [0.1, 0.15) is 11.3 Å². The summed E-state index contributed by atoms with van der Waals surface area (Å²) >= 11 is 0. The van der Waals surface area contributed by atoms with Crippen molar-refractivity contribution in [2.45, 2.75) is 12.7 Å². The predicted molar refractivity (Wildman–Crippen MR) is 90.9 cm³/mol. The fourth-order valence-corrected chi connectivity index (χ4v) is 2.80. The summed E-state index contributed by atoms with van der Waals surface area (Å²) in [6.07, 6.45) is -2.52. The first-order valence-corrected chi connectivity index (χ1v) is 8.15. The molecule has 0 atom stereocenters. The molecule has 0 aliphatic carbocycles. The molecule has 0 saturated carbocycles. The van der Waals surface area contributed by atoms with Gasteiger partial charge in [-0.3, -0.25) is 4.68 Å². The summed E-state index contributed by atoms with van der Waals surface area (Å²) in [5.74, 6) is -1.36. The van der Waals surface area contributed by atoms with E-state index in [2.05, 4.69) is 15.2 Å². The molecule has 3 rings (SSSR count). The highest BCUT2D eigenvalue weighted by Gasteiger charge is 2.41. The lowest BCUT2D eigenvalue weighted by molar-refractivity contribution is -0.144. The van der Waals surface area contributed by atoms with Crippen LogP contribution in [0.5, 0.6) is 5.88 Å². The van der Waals surface area contributed by atoms with Gasteiger partial charge in [-0.15, -0.1) is 0 Å². The van der Waals surface area contributed by atoms with Crippen molar-refractivity contribution < 1.29 is 37.1 Å². The summed E-state index contributed by atoms with van der Waals surface area (Å²) in [6.45, 7) is -0.970. The summed E-state index contributed by atoms with van der Waals surface area (Å²) < 4.78 is 56.6. The molecule has 3 aromatic rings. The zero-order valence-electron chi connectivity index (χ0n) is 15.2. The Bertz CT molecular complexity index is 1030. The first kappa shape index (κ1) is 20.3. The number of hydrogen-bond acceptors (Lipinski definition) is 8. The number of aliphatic hydroxyl groups is 1. The average molecular weight is 412 g/mol. The fourth-order valence-electron chi connectivity index (χ4n) is 2.80. The number of halogens is 3. The minimum atomic E-state index is -4.84. The monoisotopic (exact) mass is 412 g/mol. The van der Waals surface area contributed by atoms with E-state index in [0.717, 1.165) is 13.3 Å². The maximum atomic E-state index is 13.7. The number of pyridine rings is 1. The number of carbonyl (C=O) groups is 1. The van der Waals surface area contributed by atoms with Gasteiger partial charge < -0.3 is 19.1 Å². The molecule has 3 aromatic heterocycles. The third-order valence-electron chi connectivity index (χ3n) is 3.97. The van der Waals surface area contributed by atoms with Crippen LogP contribution in [0.1, 0.15) is 16.1 Å². The van der Waals surface area contributed by atoms with Crippen molar-refractivity contribution >= 4 is 5.97 Å². The van der Waals surface area contributed by atoms with Crippen LogP contribution in [0.25, 0.3) is 22.6 Å². The average Bonchev–Trinajstić information content (AvgIpc) is 3.31. The van der Waals surface area contributed by atoms with Crippen LogP contribution in [0.2, 0.25) is 0 Å². The van der Waals surface area contributed by atoms with Gasteiger partial charge in [-0.2, -0.15) is 18.3 Å². The van der Waals surface area contributed by atoms with Crippen molar-refractivity contribution in [2.75, 3.05) is 20.8 Å². The van der Waals surface area contributed by atoms with E-state index < -0.39 is 42.3 Å². The second-order valence-corrected chi connectivity index (χ2v) is 5.64. The molecule has 12 heteroatoms. The second kappa shape index (κ2) is 7.91. The Kier molecular flexibility index (Phi) is 5.55. The molecule has 0 spiro atoms. The van der Waals surface area contributed by atoms with E-state index >= 15 is 0 Å². The SMILES string of the molecule is COC(=O)c1c(-c2cccnc2OC)noc1-c1cnn(CCO)c1C(F)(F)F. The fraction of sp³-hybridized carbons (Fsp3) is 0.294. The highest BCUT2D eigenvalue weighted by Crippen LogP contribution is 2.41. The summed E-state index contributed by atoms with van der Waals surface area (Å²) in [7, 11) is 2.41. The summed E-state index contributed by atoms with van der Waals surface area (Å²) in [4.78, 5) is 16.4. The van der Waals surface area contributed by atoms with Gasteiger partial charge in [-0.1, -0.05) is 5.16 Å². The molecule has 0 aliphatic rings. The number of nitrogens with zero attached hydrogens (tertiary/aromatic N) is 4. The van der Waals surface area contributed by atoms with Crippen LogP contribution in [0.3, 0.4) is 0 Å². The number of aromatic nitrogens is 4. The van der Waals surface area contributed by atoms with Crippen molar-refractivity contribution in [3.05, 3.63) is 35.8 Å². The van der Waals surface area contributed by atoms with Gasteiger partial charge in [0.2, 0.25) is 5.88 Å². The third-order valence-corrected chi connectivity index (χ3v) is 3.97.